The van der Waals surface area contributed by atoms with E-state index in [2.05, 4.69) is 71.7 Å². The molecule has 0 radical (unpaired) electrons. The van der Waals surface area contributed by atoms with E-state index in [-0.39, 0.29) is 24.0 Å². The van der Waals surface area contributed by atoms with Crippen LogP contribution in [0.1, 0.15) is 35.9 Å². The van der Waals surface area contributed by atoms with Crippen LogP contribution < -0.4 is 10.6 Å². The third-order valence-corrected chi connectivity index (χ3v) is 4.96. The van der Waals surface area contributed by atoms with E-state index in [1.54, 1.807) is 11.8 Å². The van der Waals surface area contributed by atoms with Crippen molar-refractivity contribution in [2.45, 2.75) is 52.1 Å². The van der Waals surface area contributed by atoms with Crippen LogP contribution >= 0.6 is 35.7 Å². The molecule has 1 heterocycles. The lowest BCUT2D eigenvalue weighted by atomic mass is 10.1. The summed E-state index contributed by atoms with van der Waals surface area (Å²) in [6, 6.07) is 8.67. The quantitative estimate of drug-likeness (QED) is 0.186. The Balaban J connectivity index is 0.00000364. The average molecular weight is 501 g/mol. The summed E-state index contributed by atoms with van der Waals surface area (Å²) >= 11 is 1.78. The Morgan fingerprint density at radius 2 is 1.96 bits per heavy atom. The number of nitrogens with zero attached hydrogens (tertiary/aromatic N) is 3. The molecular formula is C20H32IN5S. The molecule has 0 amide bonds. The van der Waals surface area contributed by atoms with Crippen molar-refractivity contribution in [1.82, 2.24) is 20.4 Å². The van der Waals surface area contributed by atoms with Crippen molar-refractivity contribution in [2.24, 2.45) is 4.99 Å². The zero-order valence-electron chi connectivity index (χ0n) is 17.0. The predicted molar refractivity (Wildman–Crippen MR) is 128 cm³/mol. The number of rotatable bonds is 8. The third kappa shape index (κ3) is 7.73. The lowest BCUT2D eigenvalue weighted by Gasteiger charge is -2.12. The van der Waals surface area contributed by atoms with Gasteiger partial charge in [-0.2, -0.15) is 5.10 Å². The number of aromatic nitrogens is 2. The largest absolute Gasteiger partial charge is 0.357 e. The summed E-state index contributed by atoms with van der Waals surface area (Å²) in [6.07, 6.45) is 3.12. The molecule has 0 saturated heterocycles. The molecule has 0 bridgehead atoms. The maximum Gasteiger partial charge on any atom is 0.191 e. The van der Waals surface area contributed by atoms with Crippen LogP contribution in [0, 0.1) is 20.8 Å². The van der Waals surface area contributed by atoms with Gasteiger partial charge in [-0.1, -0.05) is 12.1 Å². The van der Waals surface area contributed by atoms with Crippen molar-refractivity contribution >= 4 is 41.7 Å². The number of thioether (sulfide) groups is 1. The number of guanidine groups is 1. The normalized spacial score (nSPS) is 11.2. The molecule has 0 unspecified atom stereocenters. The Kier molecular flexibility index (Phi) is 10.8. The number of halogens is 1. The molecule has 0 spiro atoms. The summed E-state index contributed by atoms with van der Waals surface area (Å²) in [6.45, 7) is 11.7. The summed E-state index contributed by atoms with van der Waals surface area (Å²) in [7, 11) is 0. The molecule has 0 saturated carbocycles. The van der Waals surface area contributed by atoms with Crippen LogP contribution in [0.2, 0.25) is 0 Å². The Bertz CT molecular complexity index is 742. The zero-order chi connectivity index (χ0) is 18.9. The van der Waals surface area contributed by atoms with Gasteiger partial charge in [-0.3, -0.25) is 4.68 Å². The molecule has 1 aromatic heterocycles. The fraction of sp³-hybridized carbons (Fsp3) is 0.500. The first-order chi connectivity index (χ1) is 12.5. The minimum absolute atomic E-state index is 0. The minimum Gasteiger partial charge on any atom is -0.357 e. The van der Waals surface area contributed by atoms with E-state index in [1.807, 2.05) is 6.92 Å². The van der Waals surface area contributed by atoms with Gasteiger partial charge in [0.05, 0.1) is 12.2 Å². The maximum atomic E-state index is 4.75. The molecule has 2 N–H and O–H groups in total. The summed E-state index contributed by atoms with van der Waals surface area (Å²) in [5, 5.41) is 11.3. The number of nitrogens with one attached hydrogen (secondary N) is 2. The topological polar surface area (TPSA) is 54.2 Å². The monoisotopic (exact) mass is 501 g/mol. The highest BCUT2D eigenvalue weighted by Gasteiger charge is 2.04. The van der Waals surface area contributed by atoms with E-state index in [0.717, 1.165) is 37.7 Å². The maximum absolute atomic E-state index is 4.75. The van der Waals surface area contributed by atoms with Gasteiger partial charge in [-0.15, -0.1) is 35.7 Å². The lowest BCUT2D eigenvalue weighted by molar-refractivity contribution is 0.555. The van der Waals surface area contributed by atoms with Crippen molar-refractivity contribution in [3.8, 4) is 0 Å². The molecule has 0 atom stereocenters. The van der Waals surface area contributed by atoms with E-state index < -0.39 is 0 Å². The van der Waals surface area contributed by atoms with Gasteiger partial charge in [0.2, 0.25) is 0 Å². The highest BCUT2D eigenvalue weighted by molar-refractivity contribution is 14.0. The molecule has 2 aromatic rings. The SMILES string of the molecule is CCNC(=NCc1ccc(C)cc1SC)NCCCn1nc(C)cc1C.I. The molecule has 7 heteroatoms. The predicted octanol–water partition coefficient (Wildman–Crippen LogP) is 4.29. The Morgan fingerprint density at radius 3 is 2.59 bits per heavy atom. The van der Waals surface area contributed by atoms with Gasteiger partial charge >= 0.3 is 0 Å². The molecule has 150 valence electrons. The first-order valence-electron chi connectivity index (χ1n) is 9.20. The van der Waals surface area contributed by atoms with Gasteiger partial charge in [-0.25, -0.2) is 4.99 Å². The van der Waals surface area contributed by atoms with Crippen LogP contribution in [0.25, 0.3) is 0 Å². The highest BCUT2D eigenvalue weighted by Crippen LogP contribution is 2.22. The van der Waals surface area contributed by atoms with Crippen LogP contribution in [0.15, 0.2) is 34.2 Å². The molecule has 0 aliphatic carbocycles. The average Bonchev–Trinajstić information content (AvgIpc) is 2.94. The van der Waals surface area contributed by atoms with Crippen LogP contribution in [0.5, 0.6) is 0 Å². The molecule has 0 aliphatic heterocycles. The third-order valence-electron chi connectivity index (χ3n) is 4.14. The second-order valence-electron chi connectivity index (χ2n) is 6.44. The summed E-state index contributed by atoms with van der Waals surface area (Å²) in [4.78, 5) is 6.05. The second-order valence-corrected chi connectivity index (χ2v) is 7.29. The second kappa shape index (κ2) is 12.3. The van der Waals surface area contributed by atoms with Gasteiger partial charge in [0.25, 0.3) is 0 Å². The van der Waals surface area contributed by atoms with Crippen LogP contribution in [-0.4, -0.2) is 35.1 Å². The molecular weight excluding hydrogens is 469 g/mol. The molecule has 0 aliphatic rings. The van der Waals surface area contributed by atoms with Crippen molar-refractivity contribution in [3.63, 3.8) is 0 Å². The van der Waals surface area contributed by atoms with E-state index in [9.17, 15) is 0 Å². The van der Waals surface area contributed by atoms with Gasteiger partial charge in [0, 0.05) is 30.2 Å². The highest BCUT2D eigenvalue weighted by atomic mass is 127. The molecule has 27 heavy (non-hydrogen) atoms. The zero-order valence-corrected chi connectivity index (χ0v) is 20.1. The number of hydrogen-bond acceptors (Lipinski definition) is 3. The van der Waals surface area contributed by atoms with E-state index >= 15 is 0 Å². The fourth-order valence-electron chi connectivity index (χ4n) is 2.83. The van der Waals surface area contributed by atoms with E-state index in [0.29, 0.717) is 6.54 Å². The Morgan fingerprint density at radius 1 is 1.19 bits per heavy atom. The van der Waals surface area contributed by atoms with Crippen molar-refractivity contribution in [2.75, 3.05) is 19.3 Å². The number of aliphatic imine (C=N–C) groups is 1. The smallest absolute Gasteiger partial charge is 0.191 e. The summed E-state index contributed by atoms with van der Waals surface area (Å²) < 4.78 is 2.07. The van der Waals surface area contributed by atoms with E-state index in [4.69, 9.17) is 4.99 Å². The summed E-state index contributed by atoms with van der Waals surface area (Å²) in [5.74, 6) is 0.869. The van der Waals surface area contributed by atoms with Crippen LogP contribution in [0.3, 0.4) is 0 Å². The molecule has 0 fully saturated rings. The van der Waals surface area contributed by atoms with Crippen molar-refractivity contribution in [3.05, 3.63) is 46.8 Å². The first kappa shape index (κ1) is 23.8. The van der Waals surface area contributed by atoms with Crippen LogP contribution in [-0.2, 0) is 13.1 Å². The fourth-order valence-corrected chi connectivity index (χ4v) is 3.52. The van der Waals surface area contributed by atoms with Gasteiger partial charge < -0.3 is 10.6 Å². The lowest BCUT2D eigenvalue weighted by Crippen LogP contribution is -2.38. The minimum atomic E-state index is 0. The first-order valence-corrected chi connectivity index (χ1v) is 10.4. The molecule has 5 nitrogen and oxygen atoms in total. The number of benzene rings is 1. The summed E-state index contributed by atoms with van der Waals surface area (Å²) in [5.41, 5.74) is 4.85. The molecule has 2 rings (SSSR count). The number of aryl methyl sites for hydroxylation is 4. The number of hydrogen-bond donors (Lipinski definition) is 2. The van der Waals surface area contributed by atoms with Gasteiger partial charge in [0.1, 0.15) is 0 Å². The standard InChI is InChI=1S/C20H31N5S.HI/c1-6-21-20(22-10-7-11-25-17(4)13-16(3)24-25)23-14-18-9-8-15(2)12-19(18)26-5;/h8-9,12-13H,6-7,10-11,14H2,1-5H3,(H2,21,22,23);1H. The molecule has 1 aromatic carbocycles. The van der Waals surface area contributed by atoms with Crippen LogP contribution in [0.4, 0.5) is 0 Å². The van der Waals surface area contributed by atoms with Gasteiger partial charge in [0.15, 0.2) is 5.96 Å². The van der Waals surface area contributed by atoms with Gasteiger partial charge in [-0.05, 0) is 63.6 Å². The van der Waals surface area contributed by atoms with Crippen molar-refractivity contribution < 1.29 is 0 Å². The Labute approximate surface area is 184 Å². The van der Waals surface area contributed by atoms with Crippen molar-refractivity contribution in [1.29, 1.82) is 0 Å². The Hall–Kier alpha value is -1.22. The van der Waals surface area contributed by atoms with E-state index in [1.165, 1.54) is 21.7 Å².